The van der Waals surface area contributed by atoms with E-state index in [1.807, 2.05) is 41.3 Å². The van der Waals surface area contributed by atoms with Gasteiger partial charge >= 0.3 is 5.97 Å². The largest absolute Gasteiger partial charge is 0.497 e. The fraction of sp³-hybridized carbons (Fsp3) is 0.273. The van der Waals surface area contributed by atoms with E-state index in [0.29, 0.717) is 43.9 Å². The molecule has 1 N–H and O–H groups in total. The normalized spacial score (nSPS) is 14.0. The minimum absolute atomic E-state index is 0.230. The van der Waals surface area contributed by atoms with Gasteiger partial charge in [0.1, 0.15) is 21.7 Å². The molecule has 2 aromatic carbocycles. The second-order valence-corrected chi connectivity index (χ2v) is 7.83. The maximum atomic E-state index is 11.9. The number of anilines is 1. The van der Waals surface area contributed by atoms with Crippen LogP contribution >= 0.6 is 11.3 Å². The molecule has 29 heavy (non-hydrogen) atoms. The molecule has 1 aliphatic rings. The van der Waals surface area contributed by atoms with Crippen LogP contribution in [-0.4, -0.2) is 44.5 Å². The summed E-state index contributed by atoms with van der Waals surface area (Å²) >= 11 is 1.18. The lowest BCUT2D eigenvalue weighted by molar-refractivity contribution is 0.0701. The summed E-state index contributed by atoms with van der Waals surface area (Å²) < 4.78 is 10.7. The second-order valence-electron chi connectivity index (χ2n) is 6.83. The number of morpholine rings is 1. The summed E-state index contributed by atoms with van der Waals surface area (Å²) in [5, 5.41) is 22.4. The first-order valence-corrected chi connectivity index (χ1v) is 10.1. The number of nitriles is 1. The average molecular weight is 408 g/mol. The van der Waals surface area contributed by atoms with Crippen molar-refractivity contribution in [2.75, 3.05) is 38.3 Å². The van der Waals surface area contributed by atoms with Crippen molar-refractivity contribution in [2.24, 2.45) is 0 Å². The lowest BCUT2D eigenvalue weighted by atomic mass is 9.98. The number of thiophene rings is 1. The molecule has 3 aromatic rings. The van der Waals surface area contributed by atoms with Gasteiger partial charge in [0, 0.05) is 25.1 Å². The smallest absolute Gasteiger partial charge is 0.346 e. The van der Waals surface area contributed by atoms with Gasteiger partial charge in [-0.1, -0.05) is 24.3 Å². The molecule has 1 saturated heterocycles. The Labute approximate surface area is 172 Å². The molecule has 0 amide bonds. The molecule has 7 heteroatoms. The van der Waals surface area contributed by atoms with Crippen LogP contribution in [0.5, 0.6) is 5.75 Å². The molecule has 0 atom stereocenters. The highest BCUT2D eigenvalue weighted by molar-refractivity contribution is 7.18. The zero-order chi connectivity index (χ0) is 20.4. The molecule has 2 heterocycles. The van der Waals surface area contributed by atoms with E-state index in [0.717, 1.165) is 27.1 Å². The molecule has 6 nitrogen and oxygen atoms in total. The Balaban J connectivity index is 1.75. The monoisotopic (exact) mass is 408 g/mol. The maximum Gasteiger partial charge on any atom is 0.346 e. The summed E-state index contributed by atoms with van der Waals surface area (Å²) in [6.07, 6.45) is 0.387. The Hall–Kier alpha value is -3.08. The van der Waals surface area contributed by atoms with Gasteiger partial charge in [0.15, 0.2) is 0 Å². The molecule has 4 rings (SSSR count). The molecule has 1 aliphatic heterocycles. The van der Waals surface area contributed by atoms with Crippen LogP contribution in [0.3, 0.4) is 0 Å². The Morgan fingerprint density at radius 3 is 2.69 bits per heavy atom. The van der Waals surface area contributed by atoms with Crippen molar-refractivity contribution in [1.29, 1.82) is 5.26 Å². The number of fused-ring (bicyclic) bond motifs is 1. The zero-order valence-electron chi connectivity index (χ0n) is 16.0. The first-order valence-electron chi connectivity index (χ1n) is 9.29. The third-order valence-electron chi connectivity index (χ3n) is 5.09. The topological polar surface area (TPSA) is 82.8 Å². The summed E-state index contributed by atoms with van der Waals surface area (Å²) in [7, 11) is 1.63. The number of hydrogen-bond acceptors (Lipinski definition) is 6. The van der Waals surface area contributed by atoms with Crippen LogP contribution in [0, 0.1) is 11.3 Å². The Morgan fingerprint density at radius 1 is 1.24 bits per heavy atom. The summed E-state index contributed by atoms with van der Waals surface area (Å²) in [4.78, 5) is 14.2. The molecule has 0 bridgehead atoms. The van der Waals surface area contributed by atoms with Crippen molar-refractivity contribution in [3.8, 4) is 11.8 Å². The van der Waals surface area contributed by atoms with Gasteiger partial charge in [0.25, 0.3) is 0 Å². The molecule has 0 unspecified atom stereocenters. The quantitative estimate of drug-likeness (QED) is 0.689. The molecule has 1 aromatic heterocycles. The number of nitrogens with zero attached hydrogens (tertiary/aromatic N) is 2. The zero-order valence-corrected chi connectivity index (χ0v) is 16.8. The van der Waals surface area contributed by atoms with E-state index < -0.39 is 5.97 Å². The SMILES string of the molecule is COc1ccc2ccc(Cc3c(C(=O)O)sc(N4CCOCC4)c3C#N)cc2c1. The third-order valence-corrected chi connectivity index (χ3v) is 6.37. The molecule has 0 radical (unpaired) electrons. The molecule has 0 saturated carbocycles. The van der Waals surface area contributed by atoms with Crippen LogP contribution in [0.25, 0.3) is 10.8 Å². The summed E-state index contributed by atoms with van der Waals surface area (Å²) in [6.45, 7) is 2.47. The van der Waals surface area contributed by atoms with Gasteiger partial charge in [0.2, 0.25) is 0 Å². The minimum Gasteiger partial charge on any atom is -0.497 e. The van der Waals surface area contributed by atoms with Crippen molar-refractivity contribution in [1.82, 2.24) is 0 Å². The van der Waals surface area contributed by atoms with Gasteiger partial charge in [-0.2, -0.15) is 5.26 Å². The van der Waals surface area contributed by atoms with Crippen LogP contribution in [0.4, 0.5) is 5.00 Å². The van der Waals surface area contributed by atoms with E-state index in [4.69, 9.17) is 9.47 Å². The summed E-state index contributed by atoms with van der Waals surface area (Å²) in [5.74, 6) is -0.229. The first-order chi connectivity index (χ1) is 14.1. The van der Waals surface area contributed by atoms with Crippen molar-refractivity contribution < 1.29 is 19.4 Å². The van der Waals surface area contributed by atoms with Crippen molar-refractivity contribution >= 4 is 33.1 Å². The Kier molecular flexibility index (Phi) is 5.38. The van der Waals surface area contributed by atoms with Crippen LogP contribution in [0.1, 0.15) is 26.4 Å². The number of hydrogen-bond donors (Lipinski definition) is 1. The highest BCUT2D eigenvalue weighted by Gasteiger charge is 2.26. The highest BCUT2D eigenvalue weighted by atomic mass is 32.1. The standard InChI is InChI=1S/C22H20N2O4S/c1-27-17-5-4-15-3-2-14(10-16(15)12-17)11-18-19(13-23)21(29-20(18)22(25)26)24-6-8-28-9-7-24/h2-5,10,12H,6-9,11H2,1H3,(H,25,26). The number of methoxy groups -OCH3 is 1. The van der Waals surface area contributed by atoms with E-state index in [2.05, 4.69) is 6.07 Å². The fourth-order valence-electron chi connectivity index (χ4n) is 3.61. The molecule has 148 valence electrons. The number of carboxylic acids is 1. The van der Waals surface area contributed by atoms with Crippen LogP contribution < -0.4 is 9.64 Å². The van der Waals surface area contributed by atoms with Crippen LogP contribution in [0.2, 0.25) is 0 Å². The van der Waals surface area contributed by atoms with Crippen LogP contribution in [0.15, 0.2) is 36.4 Å². The molecular weight excluding hydrogens is 388 g/mol. The average Bonchev–Trinajstić information content (AvgIpc) is 3.12. The number of rotatable bonds is 5. The van der Waals surface area contributed by atoms with Crippen molar-refractivity contribution in [2.45, 2.75) is 6.42 Å². The number of carboxylic acid groups (broad SMARTS) is 1. The molecular formula is C22H20N2O4S. The Bertz CT molecular complexity index is 1110. The van der Waals surface area contributed by atoms with Gasteiger partial charge < -0.3 is 19.5 Å². The fourth-order valence-corrected chi connectivity index (χ4v) is 4.77. The van der Waals surface area contributed by atoms with E-state index in [9.17, 15) is 15.2 Å². The Morgan fingerprint density at radius 2 is 2.00 bits per heavy atom. The van der Waals surface area contributed by atoms with Crippen molar-refractivity contribution in [3.05, 3.63) is 58.0 Å². The van der Waals surface area contributed by atoms with E-state index >= 15 is 0 Å². The predicted molar refractivity (Wildman–Crippen MR) is 112 cm³/mol. The van der Waals surface area contributed by atoms with E-state index in [-0.39, 0.29) is 4.88 Å². The minimum atomic E-state index is -0.997. The van der Waals surface area contributed by atoms with Gasteiger partial charge in [-0.25, -0.2) is 4.79 Å². The number of ether oxygens (including phenoxy) is 2. The maximum absolute atomic E-state index is 11.9. The summed E-state index contributed by atoms with van der Waals surface area (Å²) in [6, 6.07) is 14.1. The lowest BCUT2D eigenvalue weighted by Crippen LogP contribution is -2.36. The number of aromatic carboxylic acids is 1. The lowest BCUT2D eigenvalue weighted by Gasteiger charge is -2.27. The van der Waals surface area contributed by atoms with Gasteiger partial charge in [-0.15, -0.1) is 11.3 Å². The second kappa shape index (κ2) is 8.11. The molecule has 1 fully saturated rings. The highest BCUT2D eigenvalue weighted by Crippen LogP contribution is 2.38. The molecule has 0 aliphatic carbocycles. The number of carbonyl (C=O) groups is 1. The van der Waals surface area contributed by atoms with Gasteiger partial charge in [-0.3, -0.25) is 0 Å². The van der Waals surface area contributed by atoms with Crippen molar-refractivity contribution in [3.63, 3.8) is 0 Å². The van der Waals surface area contributed by atoms with Gasteiger partial charge in [0.05, 0.1) is 25.9 Å². The first kappa shape index (κ1) is 19.2. The van der Waals surface area contributed by atoms with Gasteiger partial charge in [-0.05, 0) is 28.5 Å². The number of benzene rings is 2. The predicted octanol–water partition coefficient (Wildman–Crippen LogP) is 3.91. The van der Waals surface area contributed by atoms with E-state index in [1.54, 1.807) is 7.11 Å². The molecule has 0 spiro atoms. The summed E-state index contributed by atoms with van der Waals surface area (Å²) in [5.41, 5.74) is 1.99. The third kappa shape index (κ3) is 3.77. The van der Waals surface area contributed by atoms with Crippen LogP contribution in [-0.2, 0) is 11.2 Å². The van der Waals surface area contributed by atoms with E-state index in [1.165, 1.54) is 11.3 Å².